The monoisotopic (exact) mass is 560 g/mol. The van der Waals surface area contributed by atoms with Crippen molar-refractivity contribution >= 4 is 22.6 Å². The van der Waals surface area contributed by atoms with Crippen molar-refractivity contribution in [1.82, 2.24) is 15.1 Å². The molecule has 0 aliphatic carbocycles. The van der Waals surface area contributed by atoms with E-state index in [0.29, 0.717) is 29.3 Å². The average Bonchev–Trinajstić information content (AvgIpc) is 3.35. The molecular weight excluding hydrogens is 526 g/mol. The van der Waals surface area contributed by atoms with Gasteiger partial charge in [0.05, 0.1) is 18.7 Å². The largest absolute Gasteiger partial charge is 0.381 e. The number of rotatable bonds is 8. The fraction of sp³-hybridized carbons (Fsp3) is 0.375. The molecular formula is C32H34F2N4O3. The number of hydrogen-bond donors (Lipinski definition) is 2. The fourth-order valence-electron chi connectivity index (χ4n) is 5.80. The van der Waals surface area contributed by atoms with Gasteiger partial charge in [0.2, 0.25) is 0 Å². The topological polar surface area (TPSA) is 79.5 Å². The van der Waals surface area contributed by atoms with Gasteiger partial charge >= 0.3 is 0 Å². The number of nitrogens with zero attached hydrogens (tertiary/aromatic N) is 2. The number of anilines is 1. The second kappa shape index (κ2) is 12.5. The molecule has 41 heavy (non-hydrogen) atoms. The predicted molar refractivity (Wildman–Crippen MR) is 153 cm³/mol. The van der Waals surface area contributed by atoms with Crippen molar-refractivity contribution in [2.75, 3.05) is 44.8 Å². The number of hydrogen-bond acceptors (Lipinski definition) is 5. The van der Waals surface area contributed by atoms with Gasteiger partial charge < -0.3 is 14.8 Å². The third-order valence-corrected chi connectivity index (χ3v) is 7.96. The summed E-state index contributed by atoms with van der Waals surface area (Å²) in [5.41, 5.74) is 5.02. The molecule has 0 spiro atoms. The van der Waals surface area contributed by atoms with E-state index < -0.39 is 11.6 Å². The molecule has 0 unspecified atom stereocenters. The van der Waals surface area contributed by atoms with E-state index in [2.05, 4.69) is 26.5 Å². The highest BCUT2D eigenvalue weighted by molar-refractivity contribution is 6.08. The molecule has 9 heteroatoms. The summed E-state index contributed by atoms with van der Waals surface area (Å²) in [6.45, 7) is 5.63. The third kappa shape index (κ3) is 6.81. The number of aromatic nitrogens is 2. The molecule has 1 aromatic heterocycles. The number of nitrogens with one attached hydrogen (secondary N) is 2. The molecule has 6 rings (SSSR count). The van der Waals surface area contributed by atoms with E-state index in [1.54, 1.807) is 0 Å². The van der Waals surface area contributed by atoms with Gasteiger partial charge in [-0.15, -0.1) is 0 Å². The van der Waals surface area contributed by atoms with E-state index in [0.717, 1.165) is 93.4 Å². The maximum Gasteiger partial charge on any atom is 0.257 e. The Kier molecular flexibility index (Phi) is 8.36. The Morgan fingerprint density at radius 2 is 1.63 bits per heavy atom. The summed E-state index contributed by atoms with van der Waals surface area (Å²) in [4.78, 5) is 16.0. The van der Waals surface area contributed by atoms with Crippen LogP contribution in [0.4, 0.5) is 14.6 Å². The van der Waals surface area contributed by atoms with Gasteiger partial charge in [0.1, 0.15) is 11.6 Å². The lowest BCUT2D eigenvalue weighted by atomic mass is 9.89. The van der Waals surface area contributed by atoms with Gasteiger partial charge in [0.25, 0.3) is 5.91 Å². The first kappa shape index (κ1) is 27.5. The number of morpholine rings is 1. The molecule has 0 saturated carbocycles. The highest BCUT2D eigenvalue weighted by atomic mass is 19.1. The Labute approximate surface area is 237 Å². The molecule has 1 amide bonds. The standard InChI is InChI=1S/C32H34F2N4O3/c33-26-16-24(17-27(34)19-26)13-22-2-4-30-29(18-22)31(37-36-30)35-32(39)28-3-1-23(20-38-7-11-41-12-8-38)15-25(28)14-21-5-9-40-10-6-21/h1-4,15-19,21H,5-14,20H2,(H2,35,36,37,39). The predicted octanol–water partition coefficient (Wildman–Crippen LogP) is 5.49. The van der Waals surface area contributed by atoms with Crippen LogP contribution in [0.15, 0.2) is 54.6 Å². The van der Waals surface area contributed by atoms with Gasteiger partial charge in [-0.05, 0) is 84.2 Å². The number of benzene rings is 3. The number of fused-ring (bicyclic) bond motifs is 1. The van der Waals surface area contributed by atoms with Gasteiger partial charge in [0.15, 0.2) is 5.82 Å². The van der Waals surface area contributed by atoms with Gasteiger partial charge in [-0.25, -0.2) is 8.78 Å². The zero-order valence-electron chi connectivity index (χ0n) is 22.9. The van der Waals surface area contributed by atoms with E-state index in [-0.39, 0.29) is 5.91 Å². The second-order valence-electron chi connectivity index (χ2n) is 11.0. The summed E-state index contributed by atoms with van der Waals surface area (Å²) in [6, 6.07) is 15.3. The summed E-state index contributed by atoms with van der Waals surface area (Å²) >= 11 is 0. The Hall–Kier alpha value is -3.66. The van der Waals surface area contributed by atoms with Crippen molar-refractivity contribution in [3.63, 3.8) is 0 Å². The van der Waals surface area contributed by atoms with Crippen LogP contribution in [0.25, 0.3) is 10.9 Å². The van der Waals surface area contributed by atoms with Crippen molar-refractivity contribution in [1.29, 1.82) is 0 Å². The molecule has 3 aromatic carbocycles. The molecule has 7 nitrogen and oxygen atoms in total. The fourth-order valence-corrected chi connectivity index (χ4v) is 5.80. The number of ether oxygens (including phenoxy) is 2. The van der Waals surface area contributed by atoms with Crippen LogP contribution >= 0.6 is 0 Å². The van der Waals surface area contributed by atoms with Gasteiger partial charge in [-0.3, -0.25) is 14.8 Å². The minimum absolute atomic E-state index is 0.212. The number of amides is 1. The Morgan fingerprint density at radius 3 is 2.41 bits per heavy atom. The molecule has 4 aromatic rings. The summed E-state index contributed by atoms with van der Waals surface area (Å²) in [5.74, 6) is -0.534. The first-order valence-corrected chi connectivity index (χ1v) is 14.2. The normalized spacial score (nSPS) is 16.7. The Balaban J connectivity index is 1.24. The number of carbonyl (C=O) groups is 1. The molecule has 3 heterocycles. The van der Waals surface area contributed by atoms with Crippen LogP contribution in [0.5, 0.6) is 0 Å². The molecule has 0 atom stereocenters. The van der Waals surface area contributed by atoms with Crippen molar-refractivity contribution in [2.24, 2.45) is 5.92 Å². The van der Waals surface area contributed by atoms with Crippen LogP contribution in [-0.4, -0.2) is 60.5 Å². The summed E-state index contributed by atoms with van der Waals surface area (Å²) < 4.78 is 38.5. The van der Waals surface area contributed by atoms with E-state index in [4.69, 9.17) is 9.47 Å². The van der Waals surface area contributed by atoms with Crippen LogP contribution in [0, 0.1) is 17.6 Å². The summed E-state index contributed by atoms with van der Waals surface area (Å²) in [6.07, 6.45) is 3.13. The summed E-state index contributed by atoms with van der Waals surface area (Å²) in [7, 11) is 0. The van der Waals surface area contributed by atoms with Crippen molar-refractivity contribution < 1.29 is 23.0 Å². The second-order valence-corrected chi connectivity index (χ2v) is 11.0. The number of halogens is 2. The van der Waals surface area contributed by atoms with Gasteiger partial charge in [-0.1, -0.05) is 18.2 Å². The number of aromatic amines is 1. The Morgan fingerprint density at radius 1 is 0.902 bits per heavy atom. The van der Waals surface area contributed by atoms with Crippen LogP contribution in [0.1, 0.15) is 45.5 Å². The molecule has 2 fully saturated rings. The molecule has 0 radical (unpaired) electrons. The maximum atomic E-state index is 13.7. The lowest BCUT2D eigenvalue weighted by molar-refractivity contribution is 0.0342. The molecule has 2 aliphatic heterocycles. The highest BCUT2D eigenvalue weighted by Gasteiger charge is 2.21. The number of carbonyl (C=O) groups excluding carboxylic acids is 1. The molecule has 2 N–H and O–H groups in total. The van der Waals surface area contributed by atoms with Crippen LogP contribution in [0.3, 0.4) is 0 Å². The van der Waals surface area contributed by atoms with E-state index >= 15 is 0 Å². The molecule has 2 saturated heterocycles. The quantitative estimate of drug-likeness (QED) is 0.298. The Bertz CT molecular complexity index is 1510. The van der Waals surface area contributed by atoms with Gasteiger partial charge in [-0.2, -0.15) is 5.10 Å². The SMILES string of the molecule is O=C(Nc1n[nH]c2ccc(Cc3cc(F)cc(F)c3)cc12)c1ccc(CN2CCOCC2)cc1CC1CCOCC1. The van der Waals surface area contributed by atoms with E-state index in [9.17, 15) is 13.6 Å². The highest BCUT2D eigenvalue weighted by Crippen LogP contribution is 2.27. The summed E-state index contributed by atoms with van der Waals surface area (Å²) in [5, 5.41) is 11.1. The van der Waals surface area contributed by atoms with Crippen LogP contribution < -0.4 is 5.32 Å². The lowest BCUT2D eigenvalue weighted by Gasteiger charge is -2.27. The molecule has 214 valence electrons. The minimum atomic E-state index is -0.607. The molecule has 2 aliphatic rings. The number of H-pyrrole nitrogens is 1. The van der Waals surface area contributed by atoms with Crippen molar-refractivity contribution in [3.8, 4) is 0 Å². The van der Waals surface area contributed by atoms with Crippen molar-refractivity contribution in [3.05, 3.63) is 94.0 Å². The first-order chi connectivity index (χ1) is 20.0. The van der Waals surface area contributed by atoms with E-state index in [1.807, 2.05) is 30.3 Å². The minimum Gasteiger partial charge on any atom is -0.381 e. The zero-order chi connectivity index (χ0) is 28.2. The zero-order valence-corrected chi connectivity index (χ0v) is 22.9. The smallest absolute Gasteiger partial charge is 0.257 e. The van der Waals surface area contributed by atoms with Crippen LogP contribution in [0.2, 0.25) is 0 Å². The van der Waals surface area contributed by atoms with E-state index in [1.165, 1.54) is 17.7 Å². The maximum absolute atomic E-state index is 13.7. The third-order valence-electron chi connectivity index (χ3n) is 7.96. The lowest BCUT2D eigenvalue weighted by Crippen LogP contribution is -2.35. The van der Waals surface area contributed by atoms with Gasteiger partial charge in [0, 0.05) is 49.9 Å². The van der Waals surface area contributed by atoms with Crippen LogP contribution in [-0.2, 0) is 28.9 Å². The molecule has 0 bridgehead atoms. The first-order valence-electron chi connectivity index (χ1n) is 14.2. The average molecular weight is 561 g/mol. The van der Waals surface area contributed by atoms with Crippen molar-refractivity contribution in [2.45, 2.75) is 32.2 Å².